The van der Waals surface area contributed by atoms with Crippen LogP contribution in [0, 0.1) is 0 Å². The molecular formula is C11H18N4O. The van der Waals surface area contributed by atoms with Crippen LogP contribution in [0.3, 0.4) is 0 Å². The van der Waals surface area contributed by atoms with Crippen LogP contribution in [0.5, 0.6) is 0 Å². The fourth-order valence-corrected chi connectivity index (χ4v) is 2.11. The Labute approximate surface area is 95.6 Å². The van der Waals surface area contributed by atoms with Crippen molar-refractivity contribution in [2.75, 3.05) is 32.1 Å². The third-order valence-corrected chi connectivity index (χ3v) is 2.90. The van der Waals surface area contributed by atoms with E-state index in [1.807, 2.05) is 6.07 Å². The third-order valence-electron chi connectivity index (χ3n) is 2.90. The number of hydrogen-bond donors (Lipinski definition) is 2. The molecule has 2 rings (SSSR count). The average molecular weight is 222 g/mol. The first-order valence-electron chi connectivity index (χ1n) is 5.59. The summed E-state index contributed by atoms with van der Waals surface area (Å²) in [5.41, 5.74) is 0.0357. The lowest BCUT2D eigenvalue weighted by Crippen LogP contribution is -2.49. The first-order valence-corrected chi connectivity index (χ1v) is 5.59. The minimum absolute atomic E-state index is 0.0357. The molecule has 0 spiro atoms. The lowest BCUT2D eigenvalue weighted by atomic mass is 9.99. The van der Waals surface area contributed by atoms with Crippen molar-refractivity contribution in [1.82, 2.24) is 15.3 Å². The van der Waals surface area contributed by atoms with Gasteiger partial charge in [-0.15, -0.1) is 0 Å². The molecule has 1 aromatic rings. The second kappa shape index (κ2) is 5.23. The largest absolute Gasteiger partial charge is 0.383 e. The number of anilines is 1. The maximum atomic E-state index is 5.27. The summed E-state index contributed by atoms with van der Waals surface area (Å²) in [6, 6.07) is 1.81. The predicted molar refractivity (Wildman–Crippen MR) is 62.4 cm³/mol. The topological polar surface area (TPSA) is 59.1 Å². The number of nitrogens with one attached hydrogen (secondary N) is 2. The highest BCUT2D eigenvalue weighted by atomic mass is 16.5. The Hall–Kier alpha value is -1.20. The zero-order valence-electron chi connectivity index (χ0n) is 9.57. The first kappa shape index (κ1) is 11.3. The summed E-state index contributed by atoms with van der Waals surface area (Å²) in [7, 11) is 1.74. The molecule has 5 nitrogen and oxygen atoms in total. The Balaban J connectivity index is 1.92. The van der Waals surface area contributed by atoms with Crippen molar-refractivity contribution in [3.05, 3.63) is 18.5 Å². The maximum absolute atomic E-state index is 5.27. The van der Waals surface area contributed by atoms with Crippen LogP contribution in [0.4, 0.5) is 5.95 Å². The molecule has 16 heavy (non-hydrogen) atoms. The van der Waals surface area contributed by atoms with Crippen molar-refractivity contribution in [2.24, 2.45) is 0 Å². The van der Waals surface area contributed by atoms with E-state index in [0.29, 0.717) is 12.6 Å². The highest BCUT2D eigenvalue weighted by Gasteiger charge is 2.33. The van der Waals surface area contributed by atoms with E-state index in [1.165, 1.54) is 6.42 Å². The number of ether oxygens (including phenoxy) is 1. The molecule has 1 aliphatic heterocycles. The van der Waals surface area contributed by atoms with Crippen molar-refractivity contribution in [3.8, 4) is 0 Å². The van der Waals surface area contributed by atoms with E-state index in [9.17, 15) is 0 Å². The van der Waals surface area contributed by atoms with E-state index in [4.69, 9.17) is 4.74 Å². The van der Waals surface area contributed by atoms with E-state index in [1.54, 1.807) is 19.5 Å². The molecule has 1 aromatic heterocycles. The van der Waals surface area contributed by atoms with Gasteiger partial charge in [0.2, 0.25) is 5.95 Å². The Morgan fingerprint density at radius 1 is 1.50 bits per heavy atom. The molecule has 0 aromatic carbocycles. The molecule has 2 heterocycles. The van der Waals surface area contributed by atoms with Crippen LogP contribution in [-0.4, -0.2) is 42.3 Å². The molecule has 2 N–H and O–H groups in total. The molecule has 0 amide bonds. The zero-order valence-corrected chi connectivity index (χ0v) is 9.57. The molecule has 1 atom stereocenters. The van der Waals surface area contributed by atoms with Crippen molar-refractivity contribution in [2.45, 2.75) is 18.4 Å². The van der Waals surface area contributed by atoms with Gasteiger partial charge in [0.25, 0.3) is 0 Å². The summed E-state index contributed by atoms with van der Waals surface area (Å²) >= 11 is 0. The molecule has 0 aliphatic carbocycles. The zero-order chi connectivity index (χ0) is 11.3. The molecule has 5 heteroatoms. The standard InChI is InChI=1S/C11H18N4O/c1-16-9-11(4-2-7-15-11)8-14-10-12-5-3-6-13-10/h3,5-6,15H,2,4,7-9H2,1H3,(H,12,13,14). The molecule has 1 aliphatic rings. The monoisotopic (exact) mass is 222 g/mol. The van der Waals surface area contributed by atoms with Gasteiger partial charge in [0.15, 0.2) is 0 Å². The molecule has 1 fully saturated rings. The van der Waals surface area contributed by atoms with Crippen LogP contribution in [-0.2, 0) is 4.74 Å². The van der Waals surface area contributed by atoms with Crippen molar-refractivity contribution in [1.29, 1.82) is 0 Å². The van der Waals surface area contributed by atoms with Crippen LogP contribution in [0.2, 0.25) is 0 Å². The normalized spacial score (nSPS) is 24.6. The van der Waals surface area contributed by atoms with Gasteiger partial charge >= 0.3 is 0 Å². The lowest BCUT2D eigenvalue weighted by molar-refractivity contribution is 0.127. The van der Waals surface area contributed by atoms with Gasteiger partial charge in [0, 0.05) is 26.0 Å². The molecule has 0 radical (unpaired) electrons. The van der Waals surface area contributed by atoms with Crippen molar-refractivity contribution >= 4 is 5.95 Å². The van der Waals surface area contributed by atoms with Crippen LogP contribution in [0.1, 0.15) is 12.8 Å². The fraction of sp³-hybridized carbons (Fsp3) is 0.636. The van der Waals surface area contributed by atoms with Crippen LogP contribution in [0.15, 0.2) is 18.5 Å². The van der Waals surface area contributed by atoms with E-state index >= 15 is 0 Å². The quantitative estimate of drug-likeness (QED) is 0.766. The van der Waals surface area contributed by atoms with E-state index in [0.717, 1.165) is 19.5 Å². The second-order valence-corrected chi connectivity index (χ2v) is 4.17. The predicted octanol–water partition coefficient (Wildman–Crippen LogP) is 0.657. The number of nitrogens with zero attached hydrogens (tertiary/aromatic N) is 2. The number of methoxy groups -OCH3 is 1. The highest BCUT2D eigenvalue weighted by Crippen LogP contribution is 2.19. The van der Waals surface area contributed by atoms with E-state index < -0.39 is 0 Å². The Bertz CT molecular complexity index is 311. The Kier molecular flexibility index (Phi) is 3.69. The second-order valence-electron chi connectivity index (χ2n) is 4.17. The number of rotatable bonds is 5. The smallest absolute Gasteiger partial charge is 0.222 e. The SMILES string of the molecule is COCC1(CNc2ncccn2)CCCN1. The minimum Gasteiger partial charge on any atom is -0.383 e. The maximum Gasteiger partial charge on any atom is 0.222 e. The summed E-state index contributed by atoms with van der Waals surface area (Å²) in [5, 5.41) is 6.75. The number of aromatic nitrogens is 2. The van der Waals surface area contributed by atoms with Gasteiger partial charge in [-0.2, -0.15) is 0 Å². The molecule has 88 valence electrons. The van der Waals surface area contributed by atoms with E-state index in [-0.39, 0.29) is 5.54 Å². The molecule has 0 bridgehead atoms. The van der Waals surface area contributed by atoms with Crippen LogP contribution < -0.4 is 10.6 Å². The van der Waals surface area contributed by atoms with Crippen LogP contribution in [0.25, 0.3) is 0 Å². The van der Waals surface area contributed by atoms with Gasteiger partial charge in [-0.25, -0.2) is 9.97 Å². The minimum atomic E-state index is 0.0357. The van der Waals surface area contributed by atoms with Gasteiger partial charge in [0.05, 0.1) is 12.1 Å². The fourth-order valence-electron chi connectivity index (χ4n) is 2.11. The van der Waals surface area contributed by atoms with Crippen LogP contribution >= 0.6 is 0 Å². The average Bonchev–Trinajstić information content (AvgIpc) is 2.78. The Morgan fingerprint density at radius 3 is 2.94 bits per heavy atom. The third kappa shape index (κ3) is 2.68. The molecule has 0 saturated carbocycles. The van der Waals surface area contributed by atoms with Crippen molar-refractivity contribution < 1.29 is 4.74 Å². The summed E-state index contributed by atoms with van der Waals surface area (Å²) in [6.45, 7) is 2.57. The summed E-state index contributed by atoms with van der Waals surface area (Å²) in [4.78, 5) is 8.28. The van der Waals surface area contributed by atoms with Gasteiger partial charge in [0.1, 0.15) is 0 Å². The summed E-state index contributed by atoms with van der Waals surface area (Å²) < 4.78 is 5.27. The first-order chi connectivity index (χ1) is 7.85. The summed E-state index contributed by atoms with van der Waals surface area (Å²) in [5.74, 6) is 0.673. The molecule has 1 saturated heterocycles. The number of hydrogen-bond acceptors (Lipinski definition) is 5. The van der Waals surface area contributed by atoms with Gasteiger partial charge in [-0.05, 0) is 25.5 Å². The van der Waals surface area contributed by atoms with Gasteiger partial charge < -0.3 is 15.4 Å². The Morgan fingerprint density at radius 2 is 2.31 bits per heavy atom. The van der Waals surface area contributed by atoms with E-state index in [2.05, 4.69) is 20.6 Å². The highest BCUT2D eigenvalue weighted by molar-refractivity contribution is 5.24. The lowest BCUT2D eigenvalue weighted by Gasteiger charge is -2.28. The van der Waals surface area contributed by atoms with Gasteiger partial charge in [-0.3, -0.25) is 0 Å². The molecule has 1 unspecified atom stereocenters. The summed E-state index contributed by atoms with van der Waals surface area (Å²) in [6.07, 6.45) is 5.79. The van der Waals surface area contributed by atoms with Gasteiger partial charge in [-0.1, -0.05) is 0 Å². The molecular weight excluding hydrogens is 204 g/mol. The van der Waals surface area contributed by atoms with Crippen molar-refractivity contribution in [3.63, 3.8) is 0 Å².